The molecule has 0 aromatic heterocycles. The molecule has 1 heterocycles. The van der Waals surface area contributed by atoms with E-state index in [1.807, 2.05) is 30.8 Å². The maximum absolute atomic E-state index is 13.0. The van der Waals surface area contributed by atoms with Crippen LogP contribution in [0.2, 0.25) is 0 Å². The van der Waals surface area contributed by atoms with Crippen LogP contribution in [0.5, 0.6) is 0 Å². The van der Waals surface area contributed by atoms with Crippen molar-refractivity contribution in [1.29, 1.82) is 0 Å². The molecule has 24 heavy (non-hydrogen) atoms. The van der Waals surface area contributed by atoms with E-state index in [-0.39, 0.29) is 12.3 Å². The number of carbonyl (C=O) groups excluding carboxylic acids is 1. The second-order valence-electron chi connectivity index (χ2n) is 6.55. The third-order valence-electron chi connectivity index (χ3n) is 4.06. The van der Waals surface area contributed by atoms with Crippen LogP contribution >= 0.6 is 0 Å². The number of nitrogens with zero attached hydrogens (tertiary/aromatic N) is 3. The maximum Gasteiger partial charge on any atom is 0.273 e. The lowest BCUT2D eigenvalue weighted by Crippen LogP contribution is -2.43. The molecule has 1 aliphatic heterocycles. The van der Waals surface area contributed by atoms with Crippen molar-refractivity contribution in [3.05, 3.63) is 24.3 Å². The number of amides is 1. The minimum atomic E-state index is -0.319. The molecule has 6 heteroatoms. The second kappa shape index (κ2) is 9.57. The Hall–Kier alpha value is -1.69. The van der Waals surface area contributed by atoms with Crippen molar-refractivity contribution in [2.45, 2.75) is 46.9 Å². The van der Waals surface area contributed by atoms with Crippen molar-refractivity contribution in [3.8, 4) is 0 Å². The van der Waals surface area contributed by atoms with Crippen molar-refractivity contribution in [1.82, 2.24) is 20.0 Å². The topological polar surface area (TPSA) is 48.1 Å². The highest BCUT2D eigenvalue weighted by Gasteiger charge is 2.38. The summed E-state index contributed by atoms with van der Waals surface area (Å²) in [5, 5.41) is 3.33. The molecular formula is C18H34N4O2. The van der Waals surface area contributed by atoms with E-state index in [1.165, 1.54) is 0 Å². The lowest BCUT2D eigenvalue weighted by Gasteiger charge is -2.30. The van der Waals surface area contributed by atoms with Gasteiger partial charge in [0.15, 0.2) is 0 Å². The first-order valence-corrected chi connectivity index (χ1v) is 8.87. The van der Waals surface area contributed by atoms with E-state index in [0.29, 0.717) is 18.2 Å². The van der Waals surface area contributed by atoms with Crippen LogP contribution in [0.25, 0.3) is 0 Å². The molecule has 0 fully saturated rings. The average molecular weight is 338 g/mol. The average Bonchev–Trinajstić information content (AvgIpc) is 2.90. The van der Waals surface area contributed by atoms with E-state index in [1.54, 1.807) is 11.1 Å². The Morgan fingerprint density at radius 3 is 2.58 bits per heavy atom. The van der Waals surface area contributed by atoms with Crippen molar-refractivity contribution in [2.75, 3.05) is 33.8 Å². The smallest absolute Gasteiger partial charge is 0.273 e. The number of hydrogen-bond acceptors (Lipinski definition) is 5. The van der Waals surface area contributed by atoms with Crippen LogP contribution in [-0.4, -0.2) is 60.8 Å². The highest BCUT2D eigenvalue weighted by Crippen LogP contribution is 2.26. The first-order chi connectivity index (χ1) is 11.4. The number of nitrogens with one attached hydrogen (secondary N) is 1. The molecule has 1 rings (SSSR count). The summed E-state index contributed by atoms with van der Waals surface area (Å²) in [6, 6.07) is 0. The molecule has 0 aromatic carbocycles. The predicted molar refractivity (Wildman–Crippen MR) is 97.6 cm³/mol. The summed E-state index contributed by atoms with van der Waals surface area (Å²) in [7, 11) is 3.73. The van der Waals surface area contributed by atoms with E-state index in [2.05, 4.69) is 32.7 Å². The van der Waals surface area contributed by atoms with E-state index in [9.17, 15) is 4.79 Å². The Labute approximate surface area is 147 Å². The first kappa shape index (κ1) is 20.4. The second-order valence-corrected chi connectivity index (χ2v) is 6.55. The van der Waals surface area contributed by atoms with Gasteiger partial charge in [-0.15, -0.1) is 0 Å². The molecule has 1 N–H and O–H groups in total. The molecule has 1 atom stereocenters. The van der Waals surface area contributed by atoms with E-state index in [0.717, 1.165) is 31.8 Å². The normalized spacial score (nSPS) is 17.3. The standard InChI is InChI=1S/C18H34N4O2/c1-8-12-21(7)17(23)15-16(20(6)9-2)19-18(24-10-3)22(15)13-11-14(4)5/h9,14,18-19H,2,8,10-13H2,1,3-7H3. The third-order valence-corrected chi connectivity index (χ3v) is 4.06. The number of hydrogen-bond donors (Lipinski definition) is 1. The Morgan fingerprint density at radius 1 is 1.42 bits per heavy atom. The fourth-order valence-corrected chi connectivity index (χ4v) is 2.63. The summed E-state index contributed by atoms with van der Waals surface area (Å²) in [6.45, 7) is 14.3. The van der Waals surface area contributed by atoms with E-state index >= 15 is 0 Å². The van der Waals surface area contributed by atoms with Gasteiger partial charge in [-0.2, -0.15) is 0 Å². The van der Waals surface area contributed by atoms with E-state index < -0.39 is 0 Å². The van der Waals surface area contributed by atoms with Crippen LogP contribution < -0.4 is 5.32 Å². The molecule has 0 spiro atoms. The van der Waals surface area contributed by atoms with Crippen LogP contribution in [0.3, 0.4) is 0 Å². The lowest BCUT2D eigenvalue weighted by atomic mass is 10.1. The van der Waals surface area contributed by atoms with Gasteiger partial charge < -0.3 is 24.8 Å². The number of carbonyl (C=O) groups is 1. The van der Waals surface area contributed by atoms with Crippen molar-refractivity contribution in [2.24, 2.45) is 5.92 Å². The van der Waals surface area contributed by atoms with Gasteiger partial charge in [0.05, 0.1) is 0 Å². The molecule has 138 valence electrons. The predicted octanol–water partition coefficient (Wildman–Crippen LogP) is 2.37. The molecule has 0 aromatic rings. The quantitative estimate of drug-likeness (QED) is 0.663. The maximum atomic E-state index is 13.0. The van der Waals surface area contributed by atoms with Gasteiger partial charge in [0.25, 0.3) is 5.91 Å². The molecule has 1 amide bonds. The molecule has 0 radical (unpaired) electrons. The largest absolute Gasteiger partial charge is 0.341 e. The highest BCUT2D eigenvalue weighted by atomic mass is 16.5. The monoisotopic (exact) mass is 338 g/mol. The zero-order valence-electron chi connectivity index (χ0n) is 16.1. The van der Waals surface area contributed by atoms with Crippen LogP contribution in [0.1, 0.15) is 40.5 Å². The number of rotatable bonds is 10. The molecule has 0 aliphatic carbocycles. The summed E-state index contributed by atoms with van der Waals surface area (Å²) >= 11 is 0. The first-order valence-electron chi connectivity index (χ1n) is 8.87. The molecule has 0 saturated carbocycles. The van der Waals surface area contributed by atoms with Gasteiger partial charge in [0.2, 0.25) is 6.35 Å². The fourth-order valence-electron chi connectivity index (χ4n) is 2.63. The molecule has 1 unspecified atom stereocenters. The lowest BCUT2D eigenvalue weighted by molar-refractivity contribution is -0.129. The van der Waals surface area contributed by atoms with Crippen molar-refractivity contribution >= 4 is 5.91 Å². The third kappa shape index (κ3) is 4.90. The van der Waals surface area contributed by atoms with E-state index in [4.69, 9.17) is 4.74 Å². The Bertz CT molecular complexity index is 462. The van der Waals surface area contributed by atoms with Gasteiger partial charge in [0.1, 0.15) is 11.5 Å². The van der Waals surface area contributed by atoms with Crippen LogP contribution in [0, 0.1) is 5.92 Å². The van der Waals surface area contributed by atoms with Crippen molar-refractivity contribution < 1.29 is 9.53 Å². The molecular weight excluding hydrogens is 304 g/mol. The summed E-state index contributed by atoms with van der Waals surface area (Å²) in [5.74, 6) is 1.32. The highest BCUT2D eigenvalue weighted by molar-refractivity contribution is 5.93. The van der Waals surface area contributed by atoms with Gasteiger partial charge >= 0.3 is 0 Å². The van der Waals surface area contributed by atoms with Gasteiger partial charge in [-0.25, -0.2) is 0 Å². The zero-order chi connectivity index (χ0) is 18.3. The summed E-state index contributed by atoms with van der Waals surface area (Å²) < 4.78 is 5.83. The van der Waals surface area contributed by atoms with Crippen LogP contribution in [0.4, 0.5) is 0 Å². The Kier molecular flexibility index (Phi) is 8.11. The number of ether oxygens (including phenoxy) is 1. The molecule has 0 saturated heterocycles. The zero-order valence-corrected chi connectivity index (χ0v) is 16.1. The minimum Gasteiger partial charge on any atom is -0.341 e. The van der Waals surface area contributed by atoms with Gasteiger partial charge in [-0.1, -0.05) is 27.4 Å². The summed E-state index contributed by atoms with van der Waals surface area (Å²) in [5.41, 5.74) is 0.660. The van der Waals surface area contributed by atoms with Gasteiger partial charge in [-0.05, 0) is 31.9 Å². The van der Waals surface area contributed by atoms with Crippen molar-refractivity contribution in [3.63, 3.8) is 0 Å². The minimum absolute atomic E-state index is 0.0130. The van der Waals surface area contributed by atoms with Gasteiger partial charge in [0, 0.05) is 33.8 Å². The Morgan fingerprint density at radius 2 is 2.08 bits per heavy atom. The fraction of sp³-hybridized carbons (Fsp3) is 0.722. The summed E-state index contributed by atoms with van der Waals surface area (Å²) in [4.78, 5) is 18.7. The number of likely N-dealkylation sites (N-methyl/N-ethyl adjacent to an activating group) is 1. The Balaban J connectivity index is 3.19. The molecule has 1 aliphatic rings. The SMILES string of the molecule is C=CN(C)C1=C(C(=O)N(C)CCC)N(CCC(C)C)C(OCC)N1. The van der Waals surface area contributed by atoms with Gasteiger partial charge in [-0.3, -0.25) is 4.79 Å². The van der Waals surface area contributed by atoms with Crippen LogP contribution in [-0.2, 0) is 9.53 Å². The summed E-state index contributed by atoms with van der Waals surface area (Å²) in [6.07, 6.45) is 3.30. The molecule has 0 bridgehead atoms. The van der Waals surface area contributed by atoms with Crippen LogP contribution in [0.15, 0.2) is 24.3 Å². The molecule has 6 nitrogen and oxygen atoms in total.